The molecule has 0 aromatic carbocycles. The molecule has 0 aromatic heterocycles. The summed E-state index contributed by atoms with van der Waals surface area (Å²) in [4.78, 5) is 33.5. The van der Waals surface area contributed by atoms with Crippen molar-refractivity contribution in [2.24, 2.45) is 0 Å². The van der Waals surface area contributed by atoms with Crippen LogP contribution in [-0.2, 0) is 23.9 Å². The number of dihydropyridines is 1. The van der Waals surface area contributed by atoms with Crippen LogP contribution in [0.25, 0.3) is 0 Å². The number of carboxylic acids is 1. The number of rotatable bonds is 5. The number of carbonyl (C=O) groups excluding carboxylic acids is 3. The molecule has 1 atom stereocenters. The second-order valence-corrected chi connectivity index (χ2v) is 3.30. The summed E-state index contributed by atoms with van der Waals surface area (Å²) in [6.45, 7) is 1.48. The van der Waals surface area contributed by atoms with Gasteiger partial charge in [-0.05, 0) is 13.1 Å². The van der Waals surface area contributed by atoms with Gasteiger partial charge in [0.2, 0.25) is 6.10 Å². The van der Waals surface area contributed by atoms with Gasteiger partial charge < -0.3 is 24.7 Å². The molecule has 0 saturated heterocycles. The minimum atomic E-state index is -2.05. The molecule has 1 unspecified atom stereocenters. The quantitative estimate of drug-likeness (QED) is 0.307. The fraction of sp³-hybridized carbons (Fsp3) is 0.364. The SMILES string of the molecule is CCOC(=O)C(OC(=O)C1=CNC=CC1)C(=O)[O-].[Na+]. The minimum Gasteiger partial charge on any atom is -0.545 e. The predicted molar refractivity (Wildman–Crippen MR) is 56.5 cm³/mol. The van der Waals surface area contributed by atoms with Crippen LogP contribution in [-0.4, -0.2) is 30.6 Å². The van der Waals surface area contributed by atoms with Gasteiger partial charge in [-0.2, -0.15) is 0 Å². The second-order valence-electron chi connectivity index (χ2n) is 3.30. The monoisotopic (exact) mass is 277 g/mol. The Bertz CT molecular complexity index is 417. The zero-order valence-electron chi connectivity index (χ0n) is 10.7. The molecular weight excluding hydrogens is 265 g/mol. The summed E-state index contributed by atoms with van der Waals surface area (Å²) < 4.78 is 9.02. The van der Waals surface area contributed by atoms with Crippen molar-refractivity contribution in [1.29, 1.82) is 0 Å². The van der Waals surface area contributed by atoms with E-state index in [0.717, 1.165) is 0 Å². The molecule has 1 N–H and O–H groups in total. The fourth-order valence-corrected chi connectivity index (χ4v) is 1.20. The van der Waals surface area contributed by atoms with Gasteiger partial charge in [-0.3, -0.25) is 0 Å². The standard InChI is InChI=1S/C11H13NO6.Na/c1-2-17-11(16)8(9(13)14)18-10(15)7-4-3-5-12-6-7;/h3,5-6,8,12H,2,4H2,1H3,(H,13,14);/q;+1/p-1. The number of aliphatic carboxylic acids is 1. The molecule has 0 saturated carbocycles. The zero-order chi connectivity index (χ0) is 13.5. The number of ether oxygens (including phenoxy) is 2. The topological polar surface area (TPSA) is 105 Å². The molecule has 0 spiro atoms. The van der Waals surface area contributed by atoms with Crippen molar-refractivity contribution in [2.45, 2.75) is 19.4 Å². The summed E-state index contributed by atoms with van der Waals surface area (Å²) in [6.07, 6.45) is 2.85. The Labute approximate surface area is 131 Å². The van der Waals surface area contributed by atoms with E-state index in [-0.39, 0.29) is 48.2 Å². The fourth-order valence-electron chi connectivity index (χ4n) is 1.20. The molecule has 0 radical (unpaired) electrons. The summed E-state index contributed by atoms with van der Waals surface area (Å²) in [7, 11) is 0. The van der Waals surface area contributed by atoms with E-state index < -0.39 is 24.0 Å². The average Bonchev–Trinajstić information content (AvgIpc) is 2.36. The summed E-state index contributed by atoms with van der Waals surface area (Å²) >= 11 is 0. The van der Waals surface area contributed by atoms with E-state index in [9.17, 15) is 19.5 Å². The van der Waals surface area contributed by atoms with Gasteiger partial charge in [-0.1, -0.05) is 6.08 Å². The first-order valence-electron chi connectivity index (χ1n) is 5.24. The maximum atomic E-state index is 11.6. The number of allylic oxidation sites excluding steroid dienone is 1. The third-order valence-corrected chi connectivity index (χ3v) is 2.01. The molecule has 0 fully saturated rings. The molecule has 7 nitrogen and oxygen atoms in total. The Morgan fingerprint density at radius 1 is 1.47 bits per heavy atom. The third kappa shape index (κ3) is 5.46. The molecule has 1 aliphatic rings. The van der Waals surface area contributed by atoms with Crippen LogP contribution < -0.4 is 40.0 Å². The van der Waals surface area contributed by atoms with Crippen LogP contribution in [0.3, 0.4) is 0 Å². The molecule has 0 bridgehead atoms. The molecule has 8 heteroatoms. The third-order valence-electron chi connectivity index (χ3n) is 2.01. The van der Waals surface area contributed by atoms with Gasteiger partial charge in [0.05, 0.1) is 18.1 Å². The van der Waals surface area contributed by atoms with Gasteiger partial charge >= 0.3 is 41.5 Å². The first kappa shape index (κ1) is 17.7. The molecule has 98 valence electrons. The molecule has 19 heavy (non-hydrogen) atoms. The van der Waals surface area contributed by atoms with E-state index in [4.69, 9.17) is 0 Å². The second kappa shape index (κ2) is 8.73. The van der Waals surface area contributed by atoms with Crippen molar-refractivity contribution in [3.05, 3.63) is 24.0 Å². The van der Waals surface area contributed by atoms with E-state index in [0.29, 0.717) is 0 Å². The normalized spacial score (nSPS) is 14.3. The van der Waals surface area contributed by atoms with Crippen LogP contribution in [0.2, 0.25) is 0 Å². The summed E-state index contributed by atoms with van der Waals surface area (Å²) in [5.41, 5.74) is 0.202. The van der Waals surface area contributed by atoms with E-state index in [1.54, 1.807) is 12.3 Å². The van der Waals surface area contributed by atoms with Crippen molar-refractivity contribution in [1.82, 2.24) is 5.32 Å². The van der Waals surface area contributed by atoms with Crippen LogP contribution in [0.1, 0.15) is 13.3 Å². The van der Waals surface area contributed by atoms with Gasteiger partial charge in [0, 0.05) is 12.6 Å². The Morgan fingerprint density at radius 2 is 2.16 bits per heavy atom. The van der Waals surface area contributed by atoms with E-state index >= 15 is 0 Å². The number of carbonyl (C=O) groups is 3. The molecule has 0 amide bonds. The Morgan fingerprint density at radius 3 is 2.63 bits per heavy atom. The first-order chi connectivity index (χ1) is 8.56. The van der Waals surface area contributed by atoms with Gasteiger partial charge in [0.15, 0.2) is 0 Å². The van der Waals surface area contributed by atoms with Crippen LogP contribution in [0.4, 0.5) is 0 Å². The van der Waals surface area contributed by atoms with Gasteiger partial charge in [0.1, 0.15) is 0 Å². The molecule has 1 rings (SSSR count). The molecule has 1 heterocycles. The van der Waals surface area contributed by atoms with Gasteiger partial charge in [-0.25, -0.2) is 9.59 Å². The molecular formula is C11H12NNaO6. The van der Waals surface area contributed by atoms with E-state index in [1.807, 2.05) is 0 Å². The minimum absolute atomic E-state index is 0. The van der Waals surface area contributed by atoms with Crippen molar-refractivity contribution in [2.75, 3.05) is 6.61 Å². The Kier molecular flexibility index (Phi) is 8.13. The number of nitrogens with one attached hydrogen (secondary N) is 1. The van der Waals surface area contributed by atoms with Crippen molar-refractivity contribution >= 4 is 17.9 Å². The number of carboxylic acid groups (broad SMARTS) is 1. The summed E-state index contributed by atoms with van der Waals surface area (Å²) in [6, 6.07) is 0. The van der Waals surface area contributed by atoms with Crippen molar-refractivity contribution in [3.63, 3.8) is 0 Å². The van der Waals surface area contributed by atoms with Crippen LogP contribution in [0.5, 0.6) is 0 Å². The van der Waals surface area contributed by atoms with Crippen molar-refractivity contribution < 1.29 is 58.5 Å². The number of hydrogen-bond donors (Lipinski definition) is 1. The molecule has 1 aliphatic heterocycles. The van der Waals surface area contributed by atoms with Crippen LogP contribution in [0.15, 0.2) is 24.0 Å². The molecule has 0 aliphatic carbocycles. The van der Waals surface area contributed by atoms with E-state index in [1.165, 1.54) is 13.1 Å². The van der Waals surface area contributed by atoms with Gasteiger partial charge in [-0.15, -0.1) is 0 Å². The first-order valence-corrected chi connectivity index (χ1v) is 5.24. The van der Waals surface area contributed by atoms with Crippen LogP contribution >= 0.6 is 0 Å². The van der Waals surface area contributed by atoms with E-state index in [2.05, 4.69) is 14.8 Å². The van der Waals surface area contributed by atoms with Gasteiger partial charge in [0.25, 0.3) is 0 Å². The predicted octanol–water partition coefficient (Wildman–Crippen LogP) is -4.39. The average molecular weight is 277 g/mol. The largest absolute Gasteiger partial charge is 1.00 e. The van der Waals surface area contributed by atoms with Crippen LogP contribution in [0, 0.1) is 0 Å². The number of hydrogen-bond acceptors (Lipinski definition) is 7. The summed E-state index contributed by atoms with van der Waals surface area (Å²) in [5, 5.41) is 13.3. The summed E-state index contributed by atoms with van der Waals surface area (Å²) in [5.74, 6) is -3.89. The Balaban J connectivity index is 0.00000324. The Hall–Kier alpha value is -1.31. The maximum Gasteiger partial charge on any atom is 1.00 e. The smallest absolute Gasteiger partial charge is 0.545 e. The number of esters is 2. The maximum absolute atomic E-state index is 11.6. The zero-order valence-corrected chi connectivity index (χ0v) is 12.7. The van der Waals surface area contributed by atoms with Crippen molar-refractivity contribution in [3.8, 4) is 0 Å². The molecule has 0 aromatic rings.